The third-order valence-electron chi connectivity index (χ3n) is 12.4. The van der Waals surface area contributed by atoms with Crippen molar-refractivity contribution < 1.29 is 0 Å². The minimum Gasteiger partial charge on any atom is -0.310 e. The molecule has 0 aliphatic carbocycles. The van der Waals surface area contributed by atoms with Crippen LogP contribution in [0.2, 0.25) is 0 Å². The first-order valence-electron chi connectivity index (χ1n) is 21.7. The lowest BCUT2D eigenvalue weighted by atomic mass is 9.85. The first-order chi connectivity index (χ1) is 29.8. The summed E-state index contributed by atoms with van der Waals surface area (Å²) in [6, 6.07) is 74.4. The Labute approximate surface area is 360 Å². The van der Waals surface area contributed by atoms with Gasteiger partial charge in [-0.3, -0.25) is 0 Å². The maximum Gasteiger partial charge on any atom is 0.0546 e. The molecule has 10 aromatic rings. The lowest BCUT2D eigenvalue weighted by Crippen LogP contribution is -2.12. The molecule has 0 aliphatic heterocycles. The molecule has 0 aromatic heterocycles. The molecule has 0 atom stereocenters. The first-order valence-corrected chi connectivity index (χ1v) is 21.7. The second-order valence-corrected chi connectivity index (χ2v) is 17.0. The van der Waals surface area contributed by atoms with Gasteiger partial charge < -0.3 is 9.80 Å². The molecule has 0 heterocycles. The van der Waals surface area contributed by atoms with E-state index < -0.39 is 0 Å². The maximum atomic E-state index is 2.47. The standard InChI is InChI=1S/C59H50N2/c1-39(2)42-23-29-48(30-24-42)60(46-19-13-8-14-20-46)56-37-54(44-15-9-6-10-16-44)50-34-36-53-57(38-55(45-17-11-7-12-18-45)51-33-35-52(56)58(50)59(51)53)61(47-27-21-41(5)22-28-47)49-31-25-43(26-32-49)40(3)4/h6-40H,1-5H3. The molecular formula is C59H50N2. The molecule has 0 radical (unpaired) electrons. The average molecular weight is 787 g/mol. The minimum absolute atomic E-state index is 0.442. The molecule has 0 aliphatic rings. The molecule has 0 saturated heterocycles. The normalized spacial score (nSPS) is 11.7. The van der Waals surface area contributed by atoms with Crippen molar-refractivity contribution in [1.29, 1.82) is 0 Å². The van der Waals surface area contributed by atoms with Crippen LogP contribution in [0.15, 0.2) is 200 Å². The predicted octanol–water partition coefficient (Wildman–Crippen LogP) is 17.4. The second-order valence-electron chi connectivity index (χ2n) is 17.0. The lowest BCUT2D eigenvalue weighted by Gasteiger charge is -2.31. The maximum absolute atomic E-state index is 2.47. The summed E-state index contributed by atoms with van der Waals surface area (Å²) in [4.78, 5) is 4.92. The molecule has 0 saturated carbocycles. The topological polar surface area (TPSA) is 6.48 Å². The number of rotatable bonds is 10. The summed E-state index contributed by atoms with van der Waals surface area (Å²) in [5.74, 6) is 0.886. The van der Waals surface area contributed by atoms with Crippen molar-refractivity contribution in [3.63, 3.8) is 0 Å². The van der Waals surface area contributed by atoms with Gasteiger partial charge in [0, 0.05) is 44.3 Å². The smallest absolute Gasteiger partial charge is 0.0546 e. The van der Waals surface area contributed by atoms with Gasteiger partial charge in [-0.05, 0) is 124 Å². The van der Waals surface area contributed by atoms with Crippen LogP contribution in [-0.4, -0.2) is 0 Å². The van der Waals surface area contributed by atoms with Gasteiger partial charge >= 0.3 is 0 Å². The Morgan fingerprint density at radius 1 is 0.328 bits per heavy atom. The molecule has 0 spiro atoms. The fourth-order valence-corrected chi connectivity index (χ4v) is 9.18. The third-order valence-corrected chi connectivity index (χ3v) is 12.4. The summed E-state index contributed by atoms with van der Waals surface area (Å²) in [5.41, 5.74) is 15.5. The van der Waals surface area contributed by atoms with Crippen LogP contribution >= 0.6 is 0 Å². The van der Waals surface area contributed by atoms with E-state index in [9.17, 15) is 0 Å². The highest BCUT2D eigenvalue weighted by Crippen LogP contribution is 2.52. The van der Waals surface area contributed by atoms with Gasteiger partial charge in [-0.25, -0.2) is 0 Å². The van der Waals surface area contributed by atoms with Crippen LogP contribution in [-0.2, 0) is 0 Å². The molecule has 61 heavy (non-hydrogen) atoms. The van der Waals surface area contributed by atoms with Gasteiger partial charge in [0.05, 0.1) is 11.4 Å². The molecule has 2 heteroatoms. The average Bonchev–Trinajstić information content (AvgIpc) is 3.30. The van der Waals surface area contributed by atoms with Gasteiger partial charge in [-0.2, -0.15) is 0 Å². The van der Waals surface area contributed by atoms with Crippen molar-refractivity contribution in [2.24, 2.45) is 0 Å². The Kier molecular flexibility index (Phi) is 9.85. The highest BCUT2D eigenvalue weighted by molar-refractivity contribution is 6.32. The fourth-order valence-electron chi connectivity index (χ4n) is 9.18. The van der Waals surface area contributed by atoms with Crippen molar-refractivity contribution in [1.82, 2.24) is 0 Å². The molecular weight excluding hydrogens is 737 g/mol. The van der Waals surface area contributed by atoms with Crippen molar-refractivity contribution in [2.75, 3.05) is 9.80 Å². The molecule has 10 aromatic carbocycles. The lowest BCUT2D eigenvalue weighted by molar-refractivity contribution is 0.866. The van der Waals surface area contributed by atoms with Gasteiger partial charge in [0.1, 0.15) is 0 Å². The van der Waals surface area contributed by atoms with Crippen LogP contribution in [0.1, 0.15) is 56.2 Å². The van der Waals surface area contributed by atoms with Crippen LogP contribution < -0.4 is 9.80 Å². The van der Waals surface area contributed by atoms with Crippen molar-refractivity contribution >= 4 is 66.4 Å². The van der Waals surface area contributed by atoms with E-state index in [0.717, 1.165) is 34.1 Å². The summed E-state index contributed by atoms with van der Waals surface area (Å²) in [7, 11) is 0. The first kappa shape index (κ1) is 38.1. The van der Waals surface area contributed by atoms with E-state index in [2.05, 4.69) is 245 Å². The van der Waals surface area contributed by atoms with Gasteiger partial charge in [0.25, 0.3) is 0 Å². The molecule has 296 valence electrons. The molecule has 0 bridgehead atoms. The Bertz CT molecular complexity index is 3100. The van der Waals surface area contributed by atoms with Gasteiger partial charge in [0.15, 0.2) is 0 Å². The van der Waals surface area contributed by atoms with E-state index >= 15 is 0 Å². The number of aryl methyl sites for hydroxylation is 1. The van der Waals surface area contributed by atoms with Crippen LogP contribution in [0.25, 0.3) is 54.6 Å². The quantitative estimate of drug-likeness (QED) is 0.127. The summed E-state index contributed by atoms with van der Waals surface area (Å²) in [6.45, 7) is 11.2. The number of para-hydroxylation sites is 1. The highest BCUT2D eigenvalue weighted by atomic mass is 15.1. The monoisotopic (exact) mass is 786 g/mol. The van der Waals surface area contributed by atoms with Crippen LogP contribution in [0.4, 0.5) is 34.1 Å². The Morgan fingerprint density at radius 3 is 1.03 bits per heavy atom. The van der Waals surface area contributed by atoms with Crippen LogP contribution in [0.3, 0.4) is 0 Å². The number of nitrogens with zero attached hydrogens (tertiary/aromatic N) is 2. The Hall–Kier alpha value is -7.16. The Balaban J connectivity index is 1.35. The zero-order valence-corrected chi connectivity index (χ0v) is 35.6. The Morgan fingerprint density at radius 2 is 0.656 bits per heavy atom. The fraction of sp³-hybridized carbons (Fsp3) is 0.119. The molecule has 10 rings (SSSR count). The largest absolute Gasteiger partial charge is 0.310 e. The van der Waals surface area contributed by atoms with Crippen molar-refractivity contribution in [2.45, 2.75) is 46.5 Å². The molecule has 0 amide bonds. The molecule has 0 fully saturated rings. The number of anilines is 6. The number of hydrogen-bond acceptors (Lipinski definition) is 2. The summed E-state index contributed by atoms with van der Waals surface area (Å²) >= 11 is 0. The number of benzene rings is 10. The van der Waals surface area contributed by atoms with E-state index in [1.165, 1.54) is 71.3 Å². The van der Waals surface area contributed by atoms with Gasteiger partial charge in [-0.15, -0.1) is 0 Å². The van der Waals surface area contributed by atoms with E-state index in [4.69, 9.17) is 0 Å². The van der Waals surface area contributed by atoms with Gasteiger partial charge in [0.2, 0.25) is 0 Å². The second kappa shape index (κ2) is 15.8. The minimum atomic E-state index is 0.442. The van der Waals surface area contributed by atoms with Crippen molar-refractivity contribution in [3.05, 3.63) is 217 Å². The summed E-state index contributed by atoms with van der Waals surface area (Å²) < 4.78 is 0. The van der Waals surface area contributed by atoms with Crippen LogP contribution in [0, 0.1) is 6.92 Å². The highest BCUT2D eigenvalue weighted by Gasteiger charge is 2.26. The van der Waals surface area contributed by atoms with Crippen LogP contribution in [0.5, 0.6) is 0 Å². The molecule has 2 nitrogen and oxygen atoms in total. The molecule has 0 unspecified atom stereocenters. The predicted molar refractivity (Wildman–Crippen MR) is 263 cm³/mol. The summed E-state index contributed by atoms with van der Waals surface area (Å²) in [5, 5.41) is 7.44. The summed E-state index contributed by atoms with van der Waals surface area (Å²) in [6.07, 6.45) is 0. The zero-order chi connectivity index (χ0) is 41.6. The van der Waals surface area contributed by atoms with Gasteiger partial charge in [-0.1, -0.05) is 173 Å². The van der Waals surface area contributed by atoms with E-state index in [1.54, 1.807) is 0 Å². The van der Waals surface area contributed by atoms with E-state index in [-0.39, 0.29) is 0 Å². The molecule has 0 N–H and O–H groups in total. The van der Waals surface area contributed by atoms with E-state index in [1.807, 2.05) is 0 Å². The third kappa shape index (κ3) is 6.89. The zero-order valence-electron chi connectivity index (χ0n) is 35.6. The number of hydrogen-bond donors (Lipinski definition) is 0. The SMILES string of the molecule is Cc1ccc(N(c2ccc(C(C)C)cc2)c2cc(-c3ccccc3)c3ccc4c(N(c5ccccc5)c5ccc(C(C)C)cc5)cc(-c5ccccc5)c5ccc2c3c54)cc1. The van der Waals surface area contributed by atoms with Crippen molar-refractivity contribution in [3.8, 4) is 22.3 Å². The van der Waals surface area contributed by atoms with E-state index in [0.29, 0.717) is 11.8 Å².